The van der Waals surface area contributed by atoms with Crippen LogP contribution in [0.15, 0.2) is 213 Å². The fourth-order valence-electron chi connectivity index (χ4n) is 9.72. The predicted octanol–water partition coefficient (Wildman–Crippen LogP) is 13.5. The molecule has 63 heavy (non-hydrogen) atoms. The molecule has 296 valence electrons. The van der Waals surface area contributed by atoms with E-state index in [1.54, 1.807) is 0 Å². The maximum atomic E-state index is 5.43. The first-order valence-corrected chi connectivity index (χ1v) is 21.5. The number of fused-ring (bicyclic) bond motifs is 8. The largest absolute Gasteiger partial charge is 0.309 e. The van der Waals surface area contributed by atoms with Gasteiger partial charge in [0.2, 0.25) is 5.95 Å². The summed E-state index contributed by atoms with van der Waals surface area (Å²) in [6, 6.07) is 71.8. The summed E-state index contributed by atoms with van der Waals surface area (Å²) in [5.41, 5.74) is 11.6. The Morgan fingerprint density at radius 1 is 0.460 bits per heavy atom. The van der Waals surface area contributed by atoms with Crippen LogP contribution in [-0.4, -0.2) is 19.1 Å². The Kier molecular flexibility index (Phi) is 8.51. The Bertz CT molecular complexity index is 3950. The van der Waals surface area contributed by atoms with Gasteiger partial charge in [0.1, 0.15) is 0 Å². The van der Waals surface area contributed by atoms with Crippen LogP contribution in [0.4, 0.5) is 0 Å². The van der Waals surface area contributed by atoms with E-state index in [0.717, 1.165) is 82.4 Å². The van der Waals surface area contributed by atoms with Crippen molar-refractivity contribution in [3.63, 3.8) is 0 Å². The van der Waals surface area contributed by atoms with Gasteiger partial charge >= 0.3 is 0 Å². The molecule has 0 N–H and O–H groups in total. The Hall–Kier alpha value is -8.34. The summed E-state index contributed by atoms with van der Waals surface area (Å²) in [5.74, 6) is 0.606. The van der Waals surface area contributed by atoms with E-state index >= 15 is 0 Å². The van der Waals surface area contributed by atoms with Crippen molar-refractivity contribution in [2.75, 3.05) is 0 Å². The van der Waals surface area contributed by atoms with E-state index < -0.39 is 0 Å². The highest BCUT2D eigenvalue weighted by Crippen LogP contribution is 2.39. The SMILES string of the molecule is C=C/C(c1cc(-c2cccc3ccccc23)nc(-n2c3ccccc3c3cc(-c4ccc5c(c4)c4ccccc4n5-c4ccc5ccccc5c4)ccc32)n1)=c1/cccc/c1=C/C. The smallest absolute Gasteiger partial charge is 0.235 e. The lowest BCUT2D eigenvalue weighted by Crippen LogP contribution is -2.26. The minimum Gasteiger partial charge on any atom is -0.309 e. The van der Waals surface area contributed by atoms with Gasteiger partial charge in [0.15, 0.2) is 0 Å². The van der Waals surface area contributed by atoms with Crippen LogP contribution in [0.2, 0.25) is 0 Å². The van der Waals surface area contributed by atoms with Crippen molar-refractivity contribution in [3.05, 3.63) is 229 Å². The van der Waals surface area contributed by atoms with Crippen molar-refractivity contribution in [1.29, 1.82) is 0 Å². The molecule has 0 amide bonds. The molecule has 12 aromatic rings. The van der Waals surface area contributed by atoms with Crippen LogP contribution in [-0.2, 0) is 0 Å². The molecule has 12 rings (SSSR count). The van der Waals surface area contributed by atoms with E-state index in [-0.39, 0.29) is 0 Å². The van der Waals surface area contributed by atoms with Gasteiger partial charge in [-0.05, 0) is 105 Å². The molecule has 0 saturated carbocycles. The minimum absolute atomic E-state index is 0.606. The van der Waals surface area contributed by atoms with Crippen LogP contribution >= 0.6 is 0 Å². The molecule has 0 spiro atoms. The highest BCUT2D eigenvalue weighted by Gasteiger charge is 2.20. The van der Waals surface area contributed by atoms with Crippen molar-refractivity contribution in [1.82, 2.24) is 19.1 Å². The van der Waals surface area contributed by atoms with E-state index in [1.807, 2.05) is 6.08 Å². The molecule has 4 heteroatoms. The number of para-hydroxylation sites is 2. The molecule has 9 aromatic carbocycles. The van der Waals surface area contributed by atoms with Gasteiger partial charge in [-0.25, -0.2) is 9.97 Å². The lowest BCUT2D eigenvalue weighted by atomic mass is 10.00. The molecule has 0 aliphatic heterocycles. The first-order valence-electron chi connectivity index (χ1n) is 21.5. The Labute approximate surface area is 364 Å². The zero-order valence-corrected chi connectivity index (χ0v) is 34.7. The number of hydrogen-bond donors (Lipinski definition) is 0. The molecular formula is C59H40N4. The lowest BCUT2D eigenvalue weighted by molar-refractivity contribution is 0.983. The second-order valence-electron chi connectivity index (χ2n) is 16.2. The minimum atomic E-state index is 0.606. The molecule has 0 aliphatic rings. The second-order valence-corrected chi connectivity index (χ2v) is 16.2. The topological polar surface area (TPSA) is 35.6 Å². The van der Waals surface area contributed by atoms with E-state index in [0.29, 0.717) is 5.95 Å². The quantitative estimate of drug-likeness (QED) is 0.168. The monoisotopic (exact) mass is 804 g/mol. The summed E-state index contributed by atoms with van der Waals surface area (Å²) in [7, 11) is 0. The van der Waals surface area contributed by atoms with Crippen molar-refractivity contribution < 1.29 is 0 Å². The normalized spacial score (nSPS) is 12.6. The Morgan fingerprint density at radius 2 is 1.05 bits per heavy atom. The van der Waals surface area contributed by atoms with Crippen molar-refractivity contribution in [2.45, 2.75) is 6.92 Å². The average Bonchev–Trinajstić information content (AvgIpc) is 3.86. The fraction of sp³-hybridized carbons (Fsp3) is 0.0169. The van der Waals surface area contributed by atoms with E-state index in [4.69, 9.17) is 9.97 Å². The standard InChI is InChI=1S/C59H40N4/c1-3-38-16-7-9-21-46(38)45(4-2)53-37-54(48-25-15-20-40-18-8-10-22-47(40)48)61-59(60-53)63-56-27-14-12-24-50(56)52-36-43(30-33-58(52)63)42-29-32-57-51(35-42)49-23-11-13-26-55(49)62(57)44-31-28-39-17-5-6-19-41(39)34-44/h3-37H,2H2,1H3/b38-3-,46-45+. The van der Waals surface area contributed by atoms with Gasteiger partial charge in [-0.1, -0.05) is 164 Å². The molecule has 3 aromatic heterocycles. The first kappa shape index (κ1) is 36.5. The van der Waals surface area contributed by atoms with Gasteiger partial charge in [-0.2, -0.15) is 0 Å². The third-order valence-electron chi connectivity index (χ3n) is 12.7. The maximum absolute atomic E-state index is 5.43. The number of allylic oxidation sites excluding steroid dienone is 1. The van der Waals surface area contributed by atoms with E-state index in [2.05, 4.69) is 229 Å². The van der Waals surface area contributed by atoms with Crippen molar-refractivity contribution in [3.8, 4) is 34.0 Å². The molecule has 0 aliphatic carbocycles. The van der Waals surface area contributed by atoms with Crippen LogP contribution in [0.1, 0.15) is 12.6 Å². The molecular weight excluding hydrogens is 765 g/mol. The van der Waals surface area contributed by atoms with E-state index in [9.17, 15) is 0 Å². The molecule has 3 heterocycles. The van der Waals surface area contributed by atoms with Gasteiger partial charge in [-0.3, -0.25) is 4.57 Å². The fourth-order valence-corrected chi connectivity index (χ4v) is 9.72. The van der Waals surface area contributed by atoms with Crippen LogP contribution in [0.25, 0.3) is 111 Å². The van der Waals surface area contributed by atoms with Crippen LogP contribution in [0.5, 0.6) is 0 Å². The Morgan fingerprint density at radius 3 is 1.78 bits per heavy atom. The summed E-state index contributed by atoms with van der Waals surface area (Å²) in [6.07, 6.45) is 4.06. The molecule has 0 saturated heterocycles. The molecule has 0 unspecified atom stereocenters. The Balaban J connectivity index is 1.07. The van der Waals surface area contributed by atoms with Crippen LogP contribution in [0, 0.1) is 0 Å². The van der Waals surface area contributed by atoms with Gasteiger partial charge in [-0.15, -0.1) is 0 Å². The van der Waals surface area contributed by atoms with E-state index in [1.165, 1.54) is 32.6 Å². The summed E-state index contributed by atoms with van der Waals surface area (Å²) in [5, 5.41) is 11.7. The zero-order valence-electron chi connectivity index (χ0n) is 34.7. The lowest BCUT2D eigenvalue weighted by Gasteiger charge is -2.14. The summed E-state index contributed by atoms with van der Waals surface area (Å²) in [4.78, 5) is 10.9. The summed E-state index contributed by atoms with van der Waals surface area (Å²) >= 11 is 0. The van der Waals surface area contributed by atoms with Crippen LogP contribution in [0.3, 0.4) is 0 Å². The predicted molar refractivity (Wildman–Crippen MR) is 265 cm³/mol. The zero-order chi connectivity index (χ0) is 42.0. The molecule has 0 radical (unpaired) electrons. The molecule has 0 fully saturated rings. The number of rotatable bonds is 6. The first-order chi connectivity index (χ1) is 31.1. The highest BCUT2D eigenvalue weighted by molar-refractivity contribution is 6.13. The second kappa shape index (κ2) is 14.7. The molecule has 4 nitrogen and oxygen atoms in total. The van der Waals surface area contributed by atoms with Crippen molar-refractivity contribution >= 4 is 76.8 Å². The summed E-state index contributed by atoms with van der Waals surface area (Å²) < 4.78 is 4.62. The number of aromatic nitrogens is 4. The summed E-state index contributed by atoms with van der Waals surface area (Å²) in [6.45, 7) is 6.39. The van der Waals surface area contributed by atoms with Gasteiger partial charge in [0.05, 0.1) is 33.5 Å². The third-order valence-corrected chi connectivity index (χ3v) is 12.7. The van der Waals surface area contributed by atoms with Gasteiger partial charge in [0, 0.05) is 38.4 Å². The maximum Gasteiger partial charge on any atom is 0.235 e. The number of hydrogen-bond acceptors (Lipinski definition) is 2. The van der Waals surface area contributed by atoms with Crippen LogP contribution < -0.4 is 10.4 Å². The molecule has 0 bridgehead atoms. The van der Waals surface area contributed by atoms with Gasteiger partial charge in [0.25, 0.3) is 0 Å². The third kappa shape index (κ3) is 5.91. The highest BCUT2D eigenvalue weighted by atomic mass is 15.2. The number of benzene rings is 9. The van der Waals surface area contributed by atoms with Gasteiger partial charge < -0.3 is 4.57 Å². The number of nitrogens with zero attached hydrogens (tertiary/aromatic N) is 4. The average molecular weight is 805 g/mol. The molecule has 0 atom stereocenters. The van der Waals surface area contributed by atoms with Crippen molar-refractivity contribution in [2.24, 2.45) is 0 Å².